The minimum absolute atomic E-state index is 0.116. The van der Waals surface area contributed by atoms with Crippen molar-refractivity contribution in [3.8, 4) is 0 Å². The van der Waals surface area contributed by atoms with Crippen molar-refractivity contribution < 1.29 is 34.8 Å². The molecule has 0 fully saturated rings. The van der Waals surface area contributed by atoms with Gasteiger partial charge in [0.15, 0.2) is 0 Å². The van der Waals surface area contributed by atoms with Gasteiger partial charge in [-0.05, 0) is 42.1 Å². The van der Waals surface area contributed by atoms with Crippen molar-refractivity contribution in [1.82, 2.24) is 4.72 Å². The van der Waals surface area contributed by atoms with Crippen LogP contribution in [-0.2, 0) is 28.9 Å². The van der Waals surface area contributed by atoms with E-state index < -0.39 is 38.4 Å². The van der Waals surface area contributed by atoms with Crippen LogP contribution in [0, 0.1) is 6.92 Å². The predicted molar refractivity (Wildman–Crippen MR) is 97.0 cm³/mol. The van der Waals surface area contributed by atoms with Crippen molar-refractivity contribution in [2.45, 2.75) is 30.7 Å². The first-order chi connectivity index (χ1) is 13.3. The van der Waals surface area contributed by atoms with Crippen LogP contribution in [0.3, 0.4) is 0 Å². The number of hydrogen-bond acceptors (Lipinski definition) is 3. The Morgan fingerprint density at radius 1 is 0.931 bits per heavy atom. The van der Waals surface area contributed by atoms with Gasteiger partial charge in [0.25, 0.3) is 0 Å². The second kappa shape index (κ2) is 7.29. The van der Waals surface area contributed by atoms with Crippen LogP contribution in [0.4, 0.5) is 26.3 Å². The van der Waals surface area contributed by atoms with Crippen LogP contribution in [-0.4, -0.2) is 8.42 Å². The second-order valence-electron chi connectivity index (χ2n) is 6.21. The third-order valence-corrected chi connectivity index (χ3v) is 6.89. The third kappa shape index (κ3) is 4.57. The second-order valence-corrected chi connectivity index (χ2v) is 9.12. The number of aryl methyl sites for hydroxylation is 1. The van der Waals surface area contributed by atoms with E-state index in [1.165, 1.54) is 11.3 Å². The zero-order valence-corrected chi connectivity index (χ0v) is 16.3. The van der Waals surface area contributed by atoms with E-state index >= 15 is 0 Å². The molecule has 0 atom stereocenters. The highest BCUT2D eigenvalue weighted by molar-refractivity contribution is 7.89. The van der Waals surface area contributed by atoms with Gasteiger partial charge in [0, 0.05) is 16.1 Å². The molecule has 11 heteroatoms. The average molecular weight is 453 g/mol. The van der Waals surface area contributed by atoms with Crippen LogP contribution >= 0.6 is 11.3 Å². The number of rotatable bonds is 4. The lowest BCUT2D eigenvalue weighted by atomic mass is 10.1. The molecule has 3 aromatic rings. The standard InChI is InChI=1S/C18H13F6NO2S2/c1-10-14-4-2-3-5-15(14)28-16(10)9-25-29(26,27)13-7-11(17(19,20)21)6-12(8-13)18(22,23)24/h2-8,25H,9H2,1H3. The van der Waals surface area contributed by atoms with Crippen molar-refractivity contribution in [3.05, 3.63) is 64.0 Å². The molecule has 0 saturated heterocycles. The summed E-state index contributed by atoms with van der Waals surface area (Å²) < 4.78 is 106. The minimum Gasteiger partial charge on any atom is -0.207 e. The highest BCUT2D eigenvalue weighted by atomic mass is 32.2. The van der Waals surface area contributed by atoms with Crippen LogP contribution in [0.1, 0.15) is 21.6 Å². The first-order valence-electron chi connectivity index (χ1n) is 8.05. The van der Waals surface area contributed by atoms with Crippen LogP contribution < -0.4 is 4.72 Å². The van der Waals surface area contributed by atoms with Gasteiger partial charge in [0.2, 0.25) is 10.0 Å². The molecule has 1 aromatic heterocycles. The van der Waals surface area contributed by atoms with Gasteiger partial charge in [0.05, 0.1) is 16.0 Å². The van der Waals surface area contributed by atoms with Crippen LogP contribution in [0.25, 0.3) is 10.1 Å². The first kappa shape index (κ1) is 21.6. The van der Waals surface area contributed by atoms with Gasteiger partial charge in [-0.25, -0.2) is 13.1 Å². The molecule has 0 amide bonds. The molecular formula is C18H13F6NO2S2. The number of hydrogen-bond donors (Lipinski definition) is 1. The average Bonchev–Trinajstić information content (AvgIpc) is 2.94. The topological polar surface area (TPSA) is 46.2 Å². The lowest BCUT2D eigenvalue weighted by molar-refractivity contribution is -0.143. The molecule has 0 unspecified atom stereocenters. The summed E-state index contributed by atoms with van der Waals surface area (Å²) in [5, 5.41) is 0.894. The Kier molecular flexibility index (Phi) is 5.43. The number of nitrogens with one attached hydrogen (secondary N) is 1. The Balaban J connectivity index is 1.97. The van der Waals surface area contributed by atoms with Crippen molar-refractivity contribution >= 4 is 31.4 Å². The van der Waals surface area contributed by atoms with Gasteiger partial charge in [0.1, 0.15) is 0 Å². The zero-order valence-electron chi connectivity index (χ0n) is 14.6. The monoisotopic (exact) mass is 453 g/mol. The lowest BCUT2D eigenvalue weighted by Crippen LogP contribution is -2.24. The Labute approximate surface area is 166 Å². The molecule has 3 rings (SSSR count). The van der Waals surface area contributed by atoms with E-state index in [1.54, 1.807) is 19.1 Å². The zero-order chi connectivity index (χ0) is 21.6. The van der Waals surface area contributed by atoms with Gasteiger partial charge in [-0.15, -0.1) is 11.3 Å². The summed E-state index contributed by atoms with van der Waals surface area (Å²) in [4.78, 5) is -0.490. The Hall–Kier alpha value is -2.11. The van der Waals surface area contributed by atoms with Gasteiger partial charge in [-0.3, -0.25) is 0 Å². The van der Waals surface area contributed by atoms with Gasteiger partial charge < -0.3 is 0 Å². The van der Waals surface area contributed by atoms with Gasteiger partial charge in [-0.2, -0.15) is 26.3 Å². The fourth-order valence-electron chi connectivity index (χ4n) is 2.72. The number of halogens is 6. The van der Waals surface area contributed by atoms with E-state index in [0.717, 1.165) is 15.6 Å². The normalized spacial score (nSPS) is 13.2. The van der Waals surface area contributed by atoms with Crippen LogP contribution in [0.5, 0.6) is 0 Å². The van der Waals surface area contributed by atoms with Crippen molar-refractivity contribution in [2.24, 2.45) is 0 Å². The molecule has 3 nitrogen and oxygen atoms in total. The SMILES string of the molecule is Cc1c(CNS(=O)(=O)c2cc(C(F)(F)F)cc(C(F)(F)F)c2)sc2ccccc12. The number of alkyl halides is 6. The Morgan fingerprint density at radius 3 is 2.00 bits per heavy atom. The summed E-state index contributed by atoms with van der Waals surface area (Å²) in [6.45, 7) is 1.50. The van der Waals surface area contributed by atoms with Crippen molar-refractivity contribution in [1.29, 1.82) is 0 Å². The molecule has 2 aromatic carbocycles. The number of fused-ring (bicyclic) bond motifs is 1. The summed E-state index contributed by atoms with van der Waals surface area (Å²) in [6, 6.07) is 7.53. The maximum absolute atomic E-state index is 13.0. The third-order valence-electron chi connectivity index (χ3n) is 4.24. The summed E-state index contributed by atoms with van der Waals surface area (Å²) in [5.41, 5.74) is -2.59. The highest BCUT2D eigenvalue weighted by Gasteiger charge is 2.38. The van der Waals surface area contributed by atoms with E-state index in [-0.39, 0.29) is 24.7 Å². The molecule has 156 valence electrons. The van der Waals surface area contributed by atoms with Gasteiger partial charge >= 0.3 is 12.4 Å². The predicted octanol–water partition coefficient (Wildman–Crippen LogP) is 5.73. The molecule has 0 saturated carbocycles. The smallest absolute Gasteiger partial charge is 0.207 e. The maximum Gasteiger partial charge on any atom is 0.416 e. The van der Waals surface area contributed by atoms with Crippen LogP contribution in [0.15, 0.2) is 47.4 Å². The largest absolute Gasteiger partial charge is 0.416 e. The Morgan fingerprint density at radius 2 is 1.48 bits per heavy atom. The molecule has 0 aliphatic rings. The van der Waals surface area contributed by atoms with Crippen molar-refractivity contribution in [3.63, 3.8) is 0 Å². The summed E-state index contributed by atoms with van der Waals surface area (Å²) >= 11 is 1.29. The molecule has 0 bridgehead atoms. The summed E-state index contributed by atoms with van der Waals surface area (Å²) in [7, 11) is -4.62. The van der Waals surface area contributed by atoms with E-state index in [0.29, 0.717) is 4.88 Å². The van der Waals surface area contributed by atoms with Crippen LogP contribution in [0.2, 0.25) is 0 Å². The summed E-state index contributed by atoms with van der Waals surface area (Å²) in [6.07, 6.45) is -10.3. The van der Waals surface area contributed by atoms with E-state index in [9.17, 15) is 34.8 Å². The fourth-order valence-corrected chi connectivity index (χ4v) is 5.03. The summed E-state index contributed by atoms with van der Waals surface area (Å²) in [5.74, 6) is 0. The maximum atomic E-state index is 13.0. The molecule has 1 heterocycles. The van der Waals surface area contributed by atoms with E-state index in [1.807, 2.05) is 12.1 Å². The molecule has 0 aliphatic heterocycles. The van der Waals surface area contributed by atoms with Gasteiger partial charge in [-0.1, -0.05) is 18.2 Å². The molecule has 0 spiro atoms. The fraction of sp³-hybridized carbons (Fsp3) is 0.222. The minimum atomic E-state index is -5.13. The number of thiophene rings is 1. The Bertz CT molecular complexity index is 1130. The number of benzene rings is 2. The van der Waals surface area contributed by atoms with E-state index in [2.05, 4.69) is 4.72 Å². The molecule has 0 aliphatic carbocycles. The van der Waals surface area contributed by atoms with E-state index in [4.69, 9.17) is 0 Å². The molecule has 1 N–H and O–H groups in total. The van der Waals surface area contributed by atoms with Crippen molar-refractivity contribution in [2.75, 3.05) is 0 Å². The number of sulfonamides is 1. The lowest BCUT2D eigenvalue weighted by Gasteiger charge is -2.14. The highest BCUT2D eigenvalue weighted by Crippen LogP contribution is 2.37. The molecule has 0 radical (unpaired) electrons. The molecular weight excluding hydrogens is 440 g/mol. The molecule has 29 heavy (non-hydrogen) atoms. The first-order valence-corrected chi connectivity index (χ1v) is 10.3. The quantitative estimate of drug-likeness (QED) is 0.513.